The second-order valence-electron chi connectivity index (χ2n) is 6.15. The van der Waals surface area contributed by atoms with Gasteiger partial charge in [-0.2, -0.15) is 17.4 Å². The third-order valence-corrected chi connectivity index (χ3v) is 5.67. The van der Waals surface area contributed by atoms with Crippen molar-refractivity contribution in [1.82, 2.24) is 9.03 Å². The van der Waals surface area contributed by atoms with E-state index in [2.05, 4.69) is 11.6 Å². The Morgan fingerprint density at radius 2 is 1.53 bits per heavy atom. The van der Waals surface area contributed by atoms with Gasteiger partial charge in [-0.25, -0.2) is 0 Å². The lowest BCUT2D eigenvalue weighted by Gasteiger charge is -2.36. The summed E-state index contributed by atoms with van der Waals surface area (Å²) in [5.41, 5.74) is 0. The van der Waals surface area contributed by atoms with E-state index in [-0.39, 0.29) is 18.2 Å². The standard InChI is InChI=1S/C13H26N2O3S/c1-10-4-6-13(7-5-10)14-19(16,17)15-8-11(2)18-12(3)9-15/h10-14H,4-9H2,1-3H3/t10?,11-,12-,13?/m0/s1. The average molecular weight is 290 g/mol. The molecule has 2 rings (SSSR count). The highest BCUT2D eigenvalue weighted by Crippen LogP contribution is 2.24. The molecule has 0 radical (unpaired) electrons. The number of morpholine rings is 1. The second-order valence-corrected chi connectivity index (χ2v) is 7.86. The number of rotatable bonds is 3. The number of nitrogens with one attached hydrogen (secondary N) is 1. The molecule has 1 aliphatic carbocycles. The minimum atomic E-state index is -3.36. The van der Waals surface area contributed by atoms with Gasteiger partial charge in [-0.1, -0.05) is 6.92 Å². The Morgan fingerprint density at radius 1 is 1.00 bits per heavy atom. The van der Waals surface area contributed by atoms with Crippen molar-refractivity contribution in [2.75, 3.05) is 13.1 Å². The largest absolute Gasteiger partial charge is 0.373 e. The molecular formula is C13H26N2O3S. The van der Waals surface area contributed by atoms with Gasteiger partial charge in [-0.15, -0.1) is 0 Å². The van der Waals surface area contributed by atoms with Crippen molar-refractivity contribution in [2.45, 2.75) is 64.7 Å². The van der Waals surface area contributed by atoms with Crippen LogP contribution in [0.3, 0.4) is 0 Å². The highest BCUT2D eigenvalue weighted by atomic mass is 32.2. The summed E-state index contributed by atoms with van der Waals surface area (Å²) in [6.07, 6.45) is 4.07. The van der Waals surface area contributed by atoms with Crippen LogP contribution in [0, 0.1) is 5.92 Å². The molecular weight excluding hydrogens is 264 g/mol. The molecule has 19 heavy (non-hydrogen) atoms. The maximum Gasteiger partial charge on any atom is 0.279 e. The van der Waals surface area contributed by atoms with Gasteiger partial charge in [-0.05, 0) is 45.4 Å². The first-order chi connectivity index (χ1) is 8.87. The van der Waals surface area contributed by atoms with E-state index in [0.717, 1.165) is 31.6 Å². The summed E-state index contributed by atoms with van der Waals surface area (Å²) in [6, 6.07) is 0.106. The molecule has 0 unspecified atom stereocenters. The van der Waals surface area contributed by atoms with E-state index >= 15 is 0 Å². The topological polar surface area (TPSA) is 58.6 Å². The maximum atomic E-state index is 12.4. The van der Waals surface area contributed by atoms with E-state index in [0.29, 0.717) is 13.1 Å². The molecule has 1 saturated carbocycles. The van der Waals surface area contributed by atoms with Crippen molar-refractivity contribution in [2.24, 2.45) is 5.92 Å². The molecule has 5 nitrogen and oxygen atoms in total. The van der Waals surface area contributed by atoms with Crippen LogP contribution in [0.25, 0.3) is 0 Å². The molecule has 0 spiro atoms. The predicted molar refractivity (Wildman–Crippen MR) is 75.1 cm³/mol. The first kappa shape index (κ1) is 15.2. The van der Waals surface area contributed by atoms with Gasteiger partial charge in [0, 0.05) is 19.1 Å². The van der Waals surface area contributed by atoms with E-state index in [1.807, 2.05) is 13.8 Å². The SMILES string of the molecule is CC1CCC(NS(=O)(=O)N2C[C@H](C)O[C@@H](C)C2)CC1. The highest BCUT2D eigenvalue weighted by Gasteiger charge is 2.33. The molecule has 1 aliphatic heterocycles. The molecule has 0 amide bonds. The van der Waals surface area contributed by atoms with Crippen LogP contribution >= 0.6 is 0 Å². The summed E-state index contributed by atoms with van der Waals surface area (Å²) < 4.78 is 34.8. The van der Waals surface area contributed by atoms with Crippen molar-refractivity contribution in [1.29, 1.82) is 0 Å². The third kappa shape index (κ3) is 4.15. The van der Waals surface area contributed by atoms with Crippen LogP contribution in [0.1, 0.15) is 46.5 Å². The monoisotopic (exact) mass is 290 g/mol. The first-order valence-electron chi connectivity index (χ1n) is 7.29. The zero-order valence-electron chi connectivity index (χ0n) is 12.1. The Balaban J connectivity index is 1.94. The van der Waals surface area contributed by atoms with Gasteiger partial charge in [0.2, 0.25) is 0 Å². The normalized spacial score (nSPS) is 38.3. The van der Waals surface area contributed by atoms with E-state index in [1.54, 1.807) is 0 Å². The summed E-state index contributed by atoms with van der Waals surface area (Å²) in [7, 11) is -3.36. The Kier molecular flexibility index (Phi) is 4.87. The summed E-state index contributed by atoms with van der Waals surface area (Å²) in [5, 5.41) is 0. The van der Waals surface area contributed by atoms with Crippen molar-refractivity contribution >= 4 is 10.2 Å². The highest BCUT2D eigenvalue weighted by molar-refractivity contribution is 7.87. The summed E-state index contributed by atoms with van der Waals surface area (Å²) in [4.78, 5) is 0. The van der Waals surface area contributed by atoms with Crippen LogP contribution in [-0.4, -0.2) is 44.1 Å². The van der Waals surface area contributed by atoms with E-state index in [9.17, 15) is 8.42 Å². The van der Waals surface area contributed by atoms with Crippen molar-refractivity contribution in [3.05, 3.63) is 0 Å². The Morgan fingerprint density at radius 3 is 2.05 bits per heavy atom. The van der Waals surface area contributed by atoms with Gasteiger partial charge in [-0.3, -0.25) is 0 Å². The number of ether oxygens (including phenoxy) is 1. The zero-order chi connectivity index (χ0) is 14.0. The molecule has 1 saturated heterocycles. The van der Waals surface area contributed by atoms with Crippen LogP contribution in [0.2, 0.25) is 0 Å². The van der Waals surface area contributed by atoms with Crippen LogP contribution in [-0.2, 0) is 14.9 Å². The Hall–Kier alpha value is -0.170. The Bertz CT molecular complexity index is 381. The van der Waals surface area contributed by atoms with Crippen LogP contribution in [0.4, 0.5) is 0 Å². The van der Waals surface area contributed by atoms with Gasteiger partial charge in [0.25, 0.3) is 10.2 Å². The molecule has 2 fully saturated rings. The van der Waals surface area contributed by atoms with Crippen LogP contribution < -0.4 is 4.72 Å². The fraction of sp³-hybridized carbons (Fsp3) is 1.00. The van der Waals surface area contributed by atoms with E-state index < -0.39 is 10.2 Å². The molecule has 0 bridgehead atoms. The van der Waals surface area contributed by atoms with Gasteiger partial charge in [0.05, 0.1) is 12.2 Å². The van der Waals surface area contributed by atoms with Crippen molar-refractivity contribution in [3.8, 4) is 0 Å². The molecule has 0 aromatic rings. The smallest absolute Gasteiger partial charge is 0.279 e. The average Bonchev–Trinajstić information content (AvgIpc) is 2.31. The van der Waals surface area contributed by atoms with Gasteiger partial charge >= 0.3 is 0 Å². The zero-order valence-corrected chi connectivity index (χ0v) is 12.9. The lowest BCUT2D eigenvalue weighted by molar-refractivity contribution is -0.0445. The minimum Gasteiger partial charge on any atom is -0.373 e. The molecule has 0 aromatic carbocycles. The van der Waals surface area contributed by atoms with Crippen molar-refractivity contribution < 1.29 is 13.2 Å². The molecule has 2 aliphatic rings. The fourth-order valence-electron chi connectivity index (χ4n) is 2.99. The van der Waals surface area contributed by atoms with Crippen molar-refractivity contribution in [3.63, 3.8) is 0 Å². The lowest BCUT2D eigenvalue weighted by Crippen LogP contribution is -2.54. The molecule has 112 valence electrons. The Labute approximate surface area is 116 Å². The van der Waals surface area contributed by atoms with Crippen LogP contribution in [0.5, 0.6) is 0 Å². The predicted octanol–water partition coefficient (Wildman–Crippen LogP) is 1.51. The third-order valence-electron chi connectivity index (χ3n) is 4.06. The molecule has 1 N–H and O–H groups in total. The fourth-order valence-corrected chi connectivity index (χ4v) is 4.61. The quantitative estimate of drug-likeness (QED) is 0.857. The van der Waals surface area contributed by atoms with E-state index in [4.69, 9.17) is 4.74 Å². The lowest BCUT2D eigenvalue weighted by atomic mass is 9.88. The number of hydrogen-bond donors (Lipinski definition) is 1. The molecule has 0 aromatic heterocycles. The molecule has 6 heteroatoms. The summed E-state index contributed by atoms with van der Waals surface area (Å²) in [5.74, 6) is 0.726. The van der Waals surface area contributed by atoms with E-state index in [1.165, 1.54) is 4.31 Å². The number of nitrogens with zero attached hydrogens (tertiary/aromatic N) is 1. The summed E-state index contributed by atoms with van der Waals surface area (Å²) >= 11 is 0. The van der Waals surface area contributed by atoms with Crippen LogP contribution in [0.15, 0.2) is 0 Å². The van der Waals surface area contributed by atoms with Gasteiger partial charge in [0.15, 0.2) is 0 Å². The molecule has 2 atom stereocenters. The second kappa shape index (κ2) is 6.08. The summed E-state index contributed by atoms with van der Waals surface area (Å²) in [6.45, 7) is 6.96. The number of hydrogen-bond acceptors (Lipinski definition) is 3. The maximum absolute atomic E-state index is 12.4. The first-order valence-corrected chi connectivity index (χ1v) is 8.73. The van der Waals surface area contributed by atoms with Gasteiger partial charge < -0.3 is 4.74 Å². The minimum absolute atomic E-state index is 0.0355. The molecule has 1 heterocycles. The van der Waals surface area contributed by atoms with Gasteiger partial charge in [0.1, 0.15) is 0 Å².